The number of fused-ring (bicyclic) bond motifs is 2. The molecule has 0 aromatic heterocycles. The van der Waals surface area contributed by atoms with Crippen LogP contribution < -0.4 is 16.0 Å². The molecule has 0 saturated heterocycles. The summed E-state index contributed by atoms with van der Waals surface area (Å²) in [5, 5.41) is 14.7. The number of rotatable bonds is 2. The molecular formula is C22H20N4O. The molecule has 1 atom stereocenters. The van der Waals surface area contributed by atoms with Gasteiger partial charge in [-0.2, -0.15) is 5.26 Å². The van der Waals surface area contributed by atoms with Crippen LogP contribution in [0.4, 0.5) is 11.4 Å². The normalized spacial score (nSPS) is 16.4. The van der Waals surface area contributed by atoms with Crippen molar-refractivity contribution in [2.45, 2.75) is 19.5 Å². The second-order valence-corrected chi connectivity index (χ2v) is 6.84. The molecule has 1 amide bonds. The number of hydrogen-bond acceptors (Lipinski definition) is 4. The Hall–Kier alpha value is -3.36. The van der Waals surface area contributed by atoms with E-state index in [0.29, 0.717) is 18.7 Å². The van der Waals surface area contributed by atoms with Gasteiger partial charge in [0, 0.05) is 6.54 Å². The minimum Gasteiger partial charge on any atom is -0.381 e. The third-order valence-corrected chi connectivity index (χ3v) is 5.10. The predicted octanol–water partition coefficient (Wildman–Crippen LogP) is 3.31. The highest BCUT2D eigenvalue weighted by Crippen LogP contribution is 2.33. The number of anilines is 2. The Bertz CT molecular complexity index is 1080. The maximum atomic E-state index is 13.0. The molecule has 0 unspecified atom stereocenters. The third-order valence-electron chi connectivity index (χ3n) is 5.10. The van der Waals surface area contributed by atoms with E-state index in [1.165, 1.54) is 0 Å². The van der Waals surface area contributed by atoms with E-state index in [9.17, 15) is 10.1 Å². The number of nitrogens with one attached hydrogen (secondary N) is 1. The first-order valence-electron chi connectivity index (χ1n) is 8.90. The quantitative estimate of drug-likeness (QED) is 0.738. The number of nitriles is 1. The second kappa shape index (κ2) is 6.75. The maximum Gasteiger partial charge on any atom is 0.246 e. The predicted molar refractivity (Wildman–Crippen MR) is 107 cm³/mol. The van der Waals surface area contributed by atoms with Gasteiger partial charge in [-0.3, -0.25) is 4.79 Å². The minimum atomic E-state index is -0.641. The molecule has 1 aliphatic rings. The number of carbonyl (C=O) groups excluding carboxylic acids is 1. The van der Waals surface area contributed by atoms with Crippen molar-refractivity contribution in [2.24, 2.45) is 5.73 Å². The summed E-state index contributed by atoms with van der Waals surface area (Å²) in [5.41, 5.74) is 10.4. The highest BCUT2D eigenvalue weighted by atomic mass is 16.2. The minimum absolute atomic E-state index is 0.127. The van der Waals surface area contributed by atoms with Crippen LogP contribution in [0, 0.1) is 18.3 Å². The largest absolute Gasteiger partial charge is 0.381 e. The number of amides is 1. The van der Waals surface area contributed by atoms with Gasteiger partial charge in [0.1, 0.15) is 6.04 Å². The van der Waals surface area contributed by atoms with Crippen LogP contribution in [0.25, 0.3) is 10.8 Å². The van der Waals surface area contributed by atoms with Crippen molar-refractivity contribution < 1.29 is 4.79 Å². The van der Waals surface area contributed by atoms with Gasteiger partial charge in [0.05, 0.1) is 29.6 Å². The van der Waals surface area contributed by atoms with Crippen molar-refractivity contribution in [3.8, 4) is 6.07 Å². The Balaban J connectivity index is 1.85. The monoisotopic (exact) mass is 356 g/mol. The van der Waals surface area contributed by atoms with Crippen LogP contribution in [-0.2, 0) is 11.3 Å². The van der Waals surface area contributed by atoms with Crippen LogP contribution in [0.3, 0.4) is 0 Å². The Labute approximate surface area is 158 Å². The summed E-state index contributed by atoms with van der Waals surface area (Å²) in [6.07, 6.45) is 0. The molecule has 1 aliphatic heterocycles. The number of carbonyl (C=O) groups is 1. The zero-order valence-electron chi connectivity index (χ0n) is 15.1. The Kier molecular flexibility index (Phi) is 4.27. The van der Waals surface area contributed by atoms with Gasteiger partial charge in [-0.1, -0.05) is 36.4 Å². The Morgan fingerprint density at radius 3 is 2.85 bits per heavy atom. The molecule has 5 nitrogen and oxygen atoms in total. The summed E-state index contributed by atoms with van der Waals surface area (Å²) >= 11 is 0. The average Bonchev–Trinajstić information content (AvgIpc) is 2.81. The molecular weight excluding hydrogens is 336 g/mol. The van der Waals surface area contributed by atoms with Gasteiger partial charge in [-0.25, -0.2) is 0 Å². The summed E-state index contributed by atoms with van der Waals surface area (Å²) < 4.78 is 0. The van der Waals surface area contributed by atoms with Crippen molar-refractivity contribution in [2.75, 3.05) is 16.8 Å². The highest BCUT2D eigenvalue weighted by Gasteiger charge is 2.28. The number of nitrogens with two attached hydrogens (primary N) is 1. The number of nitrogens with zero attached hydrogens (tertiary/aromatic N) is 2. The molecule has 0 aliphatic carbocycles. The second-order valence-electron chi connectivity index (χ2n) is 6.84. The van der Waals surface area contributed by atoms with Crippen LogP contribution in [0.2, 0.25) is 0 Å². The van der Waals surface area contributed by atoms with Gasteiger partial charge < -0.3 is 16.0 Å². The van der Waals surface area contributed by atoms with Gasteiger partial charge in [0.15, 0.2) is 0 Å². The van der Waals surface area contributed by atoms with Crippen LogP contribution in [0.15, 0.2) is 54.6 Å². The van der Waals surface area contributed by atoms with Crippen LogP contribution in [-0.4, -0.2) is 18.5 Å². The first kappa shape index (κ1) is 17.1. The lowest BCUT2D eigenvalue weighted by molar-refractivity contribution is -0.119. The van der Waals surface area contributed by atoms with Gasteiger partial charge in [0.2, 0.25) is 5.91 Å². The van der Waals surface area contributed by atoms with Gasteiger partial charge in [-0.05, 0) is 47.0 Å². The zero-order valence-corrected chi connectivity index (χ0v) is 15.1. The van der Waals surface area contributed by atoms with Crippen LogP contribution in [0.5, 0.6) is 0 Å². The zero-order chi connectivity index (χ0) is 19.0. The molecule has 0 fully saturated rings. The van der Waals surface area contributed by atoms with Crippen molar-refractivity contribution >= 4 is 28.1 Å². The van der Waals surface area contributed by atoms with E-state index in [-0.39, 0.29) is 5.91 Å². The summed E-state index contributed by atoms with van der Waals surface area (Å²) in [5.74, 6) is -0.127. The van der Waals surface area contributed by atoms with E-state index in [0.717, 1.165) is 33.3 Å². The standard InChI is InChI=1S/C22H20N4O/c1-14-6-8-16-4-2-3-5-17(16)18(14)13-26-21-9-7-15(11-23)10-20(21)25-12-19(24)22(26)27/h2-10,19,25H,12-13,24H2,1H3/t19-/m0/s1. The first-order valence-corrected chi connectivity index (χ1v) is 8.90. The van der Waals surface area contributed by atoms with Gasteiger partial charge in [-0.15, -0.1) is 0 Å². The molecule has 27 heavy (non-hydrogen) atoms. The molecule has 5 heteroatoms. The topological polar surface area (TPSA) is 82.2 Å². The maximum absolute atomic E-state index is 13.0. The van der Waals surface area contributed by atoms with Crippen LogP contribution >= 0.6 is 0 Å². The lowest BCUT2D eigenvalue weighted by Crippen LogP contribution is -2.45. The summed E-state index contributed by atoms with van der Waals surface area (Å²) in [6, 6.07) is 19.2. The van der Waals surface area contributed by atoms with Crippen LogP contribution in [0.1, 0.15) is 16.7 Å². The summed E-state index contributed by atoms with van der Waals surface area (Å²) in [7, 11) is 0. The fraction of sp³-hybridized carbons (Fsp3) is 0.182. The molecule has 4 rings (SSSR count). The van der Waals surface area contributed by atoms with Crippen molar-refractivity contribution in [1.29, 1.82) is 5.26 Å². The van der Waals surface area contributed by atoms with E-state index >= 15 is 0 Å². The molecule has 3 N–H and O–H groups in total. The smallest absolute Gasteiger partial charge is 0.246 e. The number of hydrogen-bond donors (Lipinski definition) is 2. The van der Waals surface area contributed by atoms with E-state index in [1.54, 1.807) is 17.0 Å². The molecule has 0 bridgehead atoms. The van der Waals surface area contributed by atoms with Crippen molar-refractivity contribution in [3.05, 3.63) is 71.3 Å². The van der Waals surface area contributed by atoms with E-state index in [1.807, 2.05) is 18.2 Å². The van der Waals surface area contributed by atoms with E-state index in [4.69, 9.17) is 5.73 Å². The van der Waals surface area contributed by atoms with Gasteiger partial charge in [0.25, 0.3) is 0 Å². The molecule has 0 saturated carbocycles. The van der Waals surface area contributed by atoms with E-state index in [2.05, 4.69) is 42.6 Å². The fourth-order valence-corrected chi connectivity index (χ4v) is 3.58. The number of benzene rings is 3. The molecule has 3 aromatic rings. The molecule has 134 valence electrons. The lowest BCUT2D eigenvalue weighted by atomic mass is 9.99. The van der Waals surface area contributed by atoms with E-state index < -0.39 is 6.04 Å². The summed E-state index contributed by atoms with van der Waals surface area (Å²) in [6.45, 7) is 2.83. The Morgan fingerprint density at radius 1 is 1.22 bits per heavy atom. The first-order chi connectivity index (χ1) is 13.1. The van der Waals surface area contributed by atoms with Gasteiger partial charge >= 0.3 is 0 Å². The highest BCUT2D eigenvalue weighted by molar-refractivity contribution is 6.02. The molecule has 0 radical (unpaired) electrons. The average molecular weight is 356 g/mol. The SMILES string of the molecule is Cc1ccc2ccccc2c1CN1C(=O)[C@@H](N)CNc2cc(C#N)ccc21. The third kappa shape index (κ3) is 3.01. The summed E-state index contributed by atoms with van der Waals surface area (Å²) in [4.78, 5) is 14.7. The molecule has 0 spiro atoms. The Morgan fingerprint density at radius 2 is 2.04 bits per heavy atom. The number of aryl methyl sites for hydroxylation is 1. The molecule has 1 heterocycles. The fourth-order valence-electron chi connectivity index (χ4n) is 3.58. The van der Waals surface area contributed by atoms with Crippen molar-refractivity contribution in [1.82, 2.24) is 0 Å². The van der Waals surface area contributed by atoms with Crippen molar-refractivity contribution in [3.63, 3.8) is 0 Å². The molecule has 3 aromatic carbocycles. The lowest BCUT2D eigenvalue weighted by Gasteiger charge is -2.26.